The zero-order valence-electron chi connectivity index (χ0n) is 11.3. The highest BCUT2D eigenvalue weighted by molar-refractivity contribution is 7.13. The molecule has 1 aromatic heterocycles. The van der Waals surface area contributed by atoms with E-state index in [1.807, 2.05) is 23.6 Å². The van der Waals surface area contributed by atoms with Crippen molar-refractivity contribution in [3.8, 4) is 10.4 Å². The van der Waals surface area contributed by atoms with Crippen molar-refractivity contribution in [2.75, 3.05) is 13.2 Å². The van der Waals surface area contributed by atoms with Crippen LogP contribution in [0.5, 0.6) is 0 Å². The van der Waals surface area contributed by atoms with Crippen molar-refractivity contribution in [2.24, 2.45) is 0 Å². The van der Waals surface area contributed by atoms with Crippen molar-refractivity contribution in [1.29, 1.82) is 0 Å². The molecule has 1 unspecified atom stereocenters. The van der Waals surface area contributed by atoms with Crippen molar-refractivity contribution < 1.29 is 14.6 Å². The summed E-state index contributed by atoms with van der Waals surface area (Å²) in [5.74, 6) is -0.237. The zero-order valence-corrected chi connectivity index (χ0v) is 12.1. The quantitative estimate of drug-likeness (QED) is 0.767. The molecule has 2 rings (SSSR count). The highest BCUT2D eigenvalue weighted by atomic mass is 32.1. The van der Waals surface area contributed by atoms with E-state index in [0.717, 1.165) is 10.4 Å². The summed E-state index contributed by atoms with van der Waals surface area (Å²) in [6.45, 7) is 2.04. The van der Waals surface area contributed by atoms with Gasteiger partial charge >= 0.3 is 0 Å². The third kappa shape index (κ3) is 3.86. The summed E-state index contributed by atoms with van der Waals surface area (Å²) in [5, 5.41) is 23.6. The van der Waals surface area contributed by atoms with E-state index in [1.165, 1.54) is 17.4 Å². The fourth-order valence-electron chi connectivity index (χ4n) is 1.84. The van der Waals surface area contributed by atoms with Gasteiger partial charge in [0.05, 0.1) is 12.2 Å². The van der Waals surface area contributed by atoms with Gasteiger partial charge in [0, 0.05) is 23.5 Å². The van der Waals surface area contributed by atoms with Gasteiger partial charge in [-0.05, 0) is 36.1 Å². The van der Waals surface area contributed by atoms with Gasteiger partial charge in [0.15, 0.2) is 0 Å². The molecule has 3 N–H and O–H groups in total. The topological polar surface area (TPSA) is 52.5 Å². The molecule has 2 aromatic rings. The van der Waals surface area contributed by atoms with Crippen LogP contribution in [0, 0.1) is 5.82 Å². The summed E-state index contributed by atoms with van der Waals surface area (Å²) in [6, 6.07) is 8.75. The molecule has 0 aliphatic carbocycles. The Morgan fingerprint density at radius 2 is 2.15 bits per heavy atom. The van der Waals surface area contributed by atoms with E-state index in [-0.39, 0.29) is 19.0 Å². The summed E-state index contributed by atoms with van der Waals surface area (Å²) >= 11 is 1.50. The molecule has 1 atom stereocenters. The molecule has 0 aliphatic heterocycles. The number of aliphatic hydroxyl groups is 2. The molecule has 0 saturated heterocycles. The Bertz CT molecular complexity index is 555. The molecule has 0 saturated carbocycles. The van der Waals surface area contributed by atoms with E-state index < -0.39 is 5.60 Å². The fraction of sp³-hybridized carbons (Fsp3) is 0.333. The number of hydrogen-bond acceptors (Lipinski definition) is 4. The summed E-state index contributed by atoms with van der Waals surface area (Å²) in [5.41, 5.74) is 0.383. The van der Waals surface area contributed by atoms with Crippen LogP contribution in [0.2, 0.25) is 0 Å². The molecule has 108 valence electrons. The minimum atomic E-state index is -1.14. The number of halogens is 1. The lowest BCUT2D eigenvalue weighted by atomic mass is 10.1. The summed E-state index contributed by atoms with van der Waals surface area (Å²) in [4.78, 5) is 0.895. The summed E-state index contributed by atoms with van der Waals surface area (Å²) < 4.78 is 13.8. The van der Waals surface area contributed by atoms with E-state index in [0.29, 0.717) is 12.1 Å². The Hall–Kier alpha value is -1.27. The van der Waals surface area contributed by atoms with Crippen LogP contribution in [0.25, 0.3) is 10.4 Å². The second-order valence-corrected chi connectivity index (χ2v) is 6.00. The van der Waals surface area contributed by atoms with E-state index in [2.05, 4.69) is 5.32 Å². The first-order chi connectivity index (χ1) is 9.52. The lowest BCUT2D eigenvalue weighted by molar-refractivity contribution is 0.00254. The van der Waals surface area contributed by atoms with Gasteiger partial charge in [-0.1, -0.05) is 12.1 Å². The zero-order chi connectivity index (χ0) is 14.6. The van der Waals surface area contributed by atoms with Gasteiger partial charge in [-0.2, -0.15) is 0 Å². The molecule has 0 spiro atoms. The van der Waals surface area contributed by atoms with Crippen LogP contribution in [0.3, 0.4) is 0 Å². The van der Waals surface area contributed by atoms with Crippen molar-refractivity contribution in [3.05, 3.63) is 47.1 Å². The van der Waals surface area contributed by atoms with E-state index >= 15 is 0 Å². The average Bonchev–Trinajstić information content (AvgIpc) is 2.94. The maximum atomic E-state index is 13.8. The lowest BCUT2D eigenvalue weighted by Crippen LogP contribution is -2.40. The summed E-state index contributed by atoms with van der Waals surface area (Å²) in [7, 11) is 0. The Morgan fingerprint density at radius 1 is 1.35 bits per heavy atom. The van der Waals surface area contributed by atoms with Crippen molar-refractivity contribution in [2.45, 2.75) is 19.1 Å². The number of rotatable bonds is 6. The second-order valence-electron chi connectivity index (χ2n) is 5.05. The molecule has 1 heterocycles. The SMILES string of the molecule is CC(O)(CO)CNCc1ccc(F)c(-c2cccs2)c1. The molecule has 3 nitrogen and oxygen atoms in total. The fourth-order valence-corrected chi connectivity index (χ4v) is 2.58. The normalized spacial score (nSPS) is 14.2. The third-order valence-corrected chi connectivity index (χ3v) is 3.90. The standard InChI is InChI=1S/C15H18FNO2S/c1-15(19,10-18)9-17-8-11-4-5-13(16)12(7-11)14-3-2-6-20-14/h2-7,17-19H,8-10H2,1H3. The van der Waals surface area contributed by atoms with Gasteiger partial charge < -0.3 is 15.5 Å². The molecule has 1 aromatic carbocycles. The van der Waals surface area contributed by atoms with Crippen LogP contribution in [-0.2, 0) is 6.54 Å². The highest BCUT2D eigenvalue weighted by Crippen LogP contribution is 2.28. The van der Waals surface area contributed by atoms with Gasteiger partial charge in [0.25, 0.3) is 0 Å². The van der Waals surface area contributed by atoms with Gasteiger partial charge in [-0.15, -0.1) is 11.3 Å². The number of thiophene rings is 1. The smallest absolute Gasteiger partial charge is 0.131 e. The van der Waals surface area contributed by atoms with Crippen LogP contribution in [0.1, 0.15) is 12.5 Å². The largest absolute Gasteiger partial charge is 0.393 e. The predicted octanol–water partition coefficient (Wildman–Crippen LogP) is 2.39. The van der Waals surface area contributed by atoms with Gasteiger partial charge in [0.1, 0.15) is 5.82 Å². The molecular weight excluding hydrogens is 277 g/mol. The van der Waals surface area contributed by atoms with Crippen molar-refractivity contribution in [1.82, 2.24) is 5.32 Å². The molecule has 0 amide bonds. The van der Waals surface area contributed by atoms with Gasteiger partial charge in [-0.25, -0.2) is 4.39 Å². The van der Waals surface area contributed by atoms with Crippen molar-refractivity contribution in [3.63, 3.8) is 0 Å². The molecular formula is C15H18FNO2S. The first-order valence-electron chi connectivity index (χ1n) is 6.38. The van der Waals surface area contributed by atoms with Crippen LogP contribution in [-0.4, -0.2) is 29.0 Å². The number of aliphatic hydroxyl groups excluding tert-OH is 1. The van der Waals surface area contributed by atoms with Gasteiger partial charge in [-0.3, -0.25) is 0 Å². The number of nitrogens with one attached hydrogen (secondary N) is 1. The Labute approximate surface area is 121 Å². The van der Waals surface area contributed by atoms with Crippen LogP contribution >= 0.6 is 11.3 Å². The minimum absolute atomic E-state index is 0.237. The predicted molar refractivity (Wildman–Crippen MR) is 79.1 cm³/mol. The van der Waals surface area contributed by atoms with Gasteiger partial charge in [0.2, 0.25) is 0 Å². The van der Waals surface area contributed by atoms with Crippen LogP contribution in [0.15, 0.2) is 35.7 Å². The Kier molecular flexibility index (Phi) is 4.88. The van der Waals surface area contributed by atoms with E-state index in [1.54, 1.807) is 13.0 Å². The average molecular weight is 295 g/mol. The Morgan fingerprint density at radius 3 is 2.80 bits per heavy atom. The minimum Gasteiger partial charge on any atom is -0.393 e. The Balaban J connectivity index is 2.05. The van der Waals surface area contributed by atoms with E-state index in [4.69, 9.17) is 5.11 Å². The molecule has 0 aliphatic rings. The van der Waals surface area contributed by atoms with Crippen LogP contribution < -0.4 is 5.32 Å². The van der Waals surface area contributed by atoms with E-state index in [9.17, 15) is 9.50 Å². The maximum absolute atomic E-state index is 13.8. The molecule has 20 heavy (non-hydrogen) atoms. The highest BCUT2D eigenvalue weighted by Gasteiger charge is 2.17. The second kappa shape index (κ2) is 6.45. The molecule has 5 heteroatoms. The summed E-state index contributed by atoms with van der Waals surface area (Å²) in [6.07, 6.45) is 0. The first-order valence-corrected chi connectivity index (χ1v) is 7.26. The molecule has 0 bridgehead atoms. The monoisotopic (exact) mass is 295 g/mol. The van der Waals surface area contributed by atoms with Crippen LogP contribution in [0.4, 0.5) is 4.39 Å². The number of benzene rings is 1. The first kappa shape index (κ1) is 15.1. The molecule has 0 radical (unpaired) electrons. The lowest BCUT2D eigenvalue weighted by Gasteiger charge is -2.20. The third-order valence-electron chi connectivity index (χ3n) is 2.99. The molecule has 0 fully saturated rings. The number of hydrogen-bond donors (Lipinski definition) is 3. The van der Waals surface area contributed by atoms with Crippen molar-refractivity contribution >= 4 is 11.3 Å². The maximum Gasteiger partial charge on any atom is 0.131 e.